The van der Waals surface area contributed by atoms with E-state index < -0.39 is 0 Å². The summed E-state index contributed by atoms with van der Waals surface area (Å²) in [5, 5.41) is 7.39. The highest BCUT2D eigenvalue weighted by molar-refractivity contribution is 6.01. The van der Waals surface area contributed by atoms with E-state index in [-0.39, 0.29) is 12.5 Å². The first kappa shape index (κ1) is 16.7. The van der Waals surface area contributed by atoms with Crippen molar-refractivity contribution in [3.05, 3.63) is 66.2 Å². The summed E-state index contributed by atoms with van der Waals surface area (Å²) < 4.78 is 0. The summed E-state index contributed by atoms with van der Waals surface area (Å²) >= 11 is 0. The molecule has 0 radical (unpaired) electrons. The second-order valence-corrected chi connectivity index (χ2v) is 5.78. The van der Waals surface area contributed by atoms with Gasteiger partial charge in [0, 0.05) is 5.69 Å². The van der Waals surface area contributed by atoms with Crippen LogP contribution in [0.15, 0.2) is 65.8 Å². The molecule has 0 spiro atoms. The molecule has 1 amide bonds. The molecule has 0 bridgehead atoms. The third kappa shape index (κ3) is 5.94. The second-order valence-electron chi connectivity index (χ2n) is 5.78. The lowest BCUT2D eigenvalue weighted by Gasteiger charge is -2.10. The molecule has 120 valence electrons. The summed E-state index contributed by atoms with van der Waals surface area (Å²) in [6.45, 7) is 4.46. The van der Waals surface area contributed by atoms with Gasteiger partial charge in [0.2, 0.25) is 0 Å². The molecule has 23 heavy (non-hydrogen) atoms. The van der Waals surface area contributed by atoms with Crippen LogP contribution in [-0.2, 0) is 4.79 Å². The Hall–Kier alpha value is -2.62. The van der Waals surface area contributed by atoms with Crippen molar-refractivity contribution in [2.75, 3.05) is 11.9 Å². The number of benzene rings is 2. The van der Waals surface area contributed by atoms with Crippen molar-refractivity contribution < 1.29 is 4.79 Å². The van der Waals surface area contributed by atoms with Gasteiger partial charge in [-0.05, 0) is 30.0 Å². The van der Waals surface area contributed by atoms with Gasteiger partial charge < -0.3 is 5.32 Å². The number of nitrogens with zero attached hydrogens (tertiary/aromatic N) is 1. The Morgan fingerprint density at radius 2 is 1.61 bits per heavy atom. The summed E-state index contributed by atoms with van der Waals surface area (Å²) in [4.78, 5) is 12.0. The number of nitrogens with one attached hydrogen (secondary N) is 2. The van der Waals surface area contributed by atoms with Crippen LogP contribution in [0.5, 0.6) is 0 Å². The highest BCUT2D eigenvalue weighted by Gasteiger charge is 2.07. The van der Waals surface area contributed by atoms with E-state index in [1.54, 1.807) is 0 Å². The highest BCUT2D eigenvalue weighted by Crippen LogP contribution is 2.10. The summed E-state index contributed by atoms with van der Waals surface area (Å²) in [6, 6.07) is 19.6. The SMILES string of the molecule is CC(C)C/C(=N\NC(=O)CNc1ccccc1)c1ccccc1. The van der Waals surface area contributed by atoms with Gasteiger partial charge in [0.05, 0.1) is 12.3 Å². The van der Waals surface area contributed by atoms with E-state index in [1.807, 2.05) is 60.7 Å². The fraction of sp³-hybridized carbons (Fsp3) is 0.263. The van der Waals surface area contributed by atoms with Gasteiger partial charge in [-0.25, -0.2) is 5.43 Å². The van der Waals surface area contributed by atoms with Crippen molar-refractivity contribution in [3.8, 4) is 0 Å². The number of anilines is 1. The van der Waals surface area contributed by atoms with E-state index in [0.29, 0.717) is 5.92 Å². The van der Waals surface area contributed by atoms with Crippen molar-refractivity contribution in [2.24, 2.45) is 11.0 Å². The molecule has 2 rings (SSSR count). The number of amides is 1. The van der Waals surface area contributed by atoms with Gasteiger partial charge in [-0.15, -0.1) is 0 Å². The van der Waals surface area contributed by atoms with Crippen LogP contribution in [0.3, 0.4) is 0 Å². The van der Waals surface area contributed by atoms with Gasteiger partial charge in [-0.1, -0.05) is 62.4 Å². The van der Waals surface area contributed by atoms with Crippen LogP contribution < -0.4 is 10.7 Å². The summed E-state index contributed by atoms with van der Waals surface area (Å²) in [7, 11) is 0. The highest BCUT2D eigenvalue weighted by atomic mass is 16.2. The largest absolute Gasteiger partial charge is 0.376 e. The predicted octanol–water partition coefficient (Wildman–Crippen LogP) is 3.67. The van der Waals surface area contributed by atoms with Crippen molar-refractivity contribution >= 4 is 17.3 Å². The predicted molar refractivity (Wildman–Crippen MR) is 95.5 cm³/mol. The first-order valence-corrected chi connectivity index (χ1v) is 7.85. The van der Waals surface area contributed by atoms with Gasteiger partial charge >= 0.3 is 0 Å². The maximum absolute atomic E-state index is 12.0. The molecule has 0 fully saturated rings. The number of para-hydroxylation sites is 1. The van der Waals surface area contributed by atoms with E-state index in [0.717, 1.165) is 23.4 Å². The van der Waals surface area contributed by atoms with E-state index in [4.69, 9.17) is 0 Å². The van der Waals surface area contributed by atoms with Crippen molar-refractivity contribution in [2.45, 2.75) is 20.3 Å². The zero-order valence-electron chi connectivity index (χ0n) is 13.6. The summed E-state index contributed by atoms with van der Waals surface area (Å²) in [5.74, 6) is 0.305. The second kappa shape index (κ2) is 8.73. The average Bonchev–Trinajstić information content (AvgIpc) is 2.58. The lowest BCUT2D eigenvalue weighted by Crippen LogP contribution is -2.27. The first-order chi connectivity index (χ1) is 11.1. The Bertz CT molecular complexity index is 636. The lowest BCUT2D eigenvalue weighted by molar-refractivity contribution is -0.119. The van der Waals surface area contributed by atoms with E-state index in [2.05, 4.69) is 29.7 Å². The smallest absolute Gasteiger partial charge is 0.259 e. The molecule has 0 heterocycles. The van der Waals surface area contributed by atoms with Gasteiger partial charge in [0.25, 0.3) is 5.91 Å². The van der Waals surface area contributed by atoms with Gasteiger partial charge in [-0.2, -0.15) is 5.10 Å². The summed E-state index contributed by atoms with van der Waals surface area (Å²) in [6.07, 6.45) is 0.816. The normalized spacial score (nSPS) is 11.3. The molecule has 2 N–H and O–H groups in total. The molecular weight excluding hydrogens is 286 g/mol. The van der Waals surface area contributed by atoms with Gasteiger partial charge in [0.15, 0.2) is 0 Å². The molecule has 2 aromatic carbocycles. The Balaban J connectivity index is 1.95. The minimum Gasteiger partial charge on any atom is -0.376 e. The lowest BCUT2D eigenvalue weighted by atomic mass is 10.0. The summed E-state index contributed by atoms with van der Waals surface area (Å²) in [5.41, 5.74) is 5.49. The third-order valence-electron chi connectivity index (χ3n) is 3.25. The monoisotopic (exact) mass is 309 g/mol. The van der Waals surface area contributed by atoms with Gasteiger partial charge in [-0.3, -0.25) is 4.79 Å². The number of rotatable bonds is 7. The average molecular weight is 309 g/mol. The number of hydrogen-bond acceptors (Lipinski definition) is 3. The Labute approximate surface area is 137 Å². The topological polar surface area (TPSA) is 53.5 Å². The zero-order valence-corrected chi connectivity index (χ0v) is 13.6. The maximum atomic E-state index is 12.0. The van der Waals surface area contributed by atoms with Crippen LogP contribution >= 0.6 is 0 Å². The standard InChI is InChI=1S/C19H23N3O/c1-15(2)13-18(16-9-5-3-6-10-16)21-22-19(23)14-20-17-11-7-4-8-12-17/h3-12,15,20H,13-14H2,1-2H3,(H,22,23)/b21-18+. The van der Waals surface area contributed by atoms with Crippen LogP contribution in [0.1, 0.15) is 25.8 Å². The maximum Gasteiger partial charge on any atom is 0.259 e. The minimum absolute atomic E-state index is 0.161. The number of carbonyl (C=O) groups excluding carboxylic acids is 1. The molecule has 0 saturated heterocycles. The fourth-order valence-corrected chi connectivity index (χ4v) is 2.15. The molecule has 0 aliphatic carbocycles. The van der Waals surface area contributed by atoms with E-state index in [1.165, 1.54) is 0 Å². The van der Waals surface area contributed by atoms with E-state index >= 15 is 0 Å². The van der Waals surface area contributed by atoms with Crippen molar-refractivity contribution in [1.29, 1.82) is 0 Å². The Morgan fingerprint density at radius 1 is 1.00 bits per heavy atom. The molecule has 0 unspecified atom stereocenters. The molecule has 0 atom stereocenters. The molecule has 4 heteroatoms. The molecule has 0 aromatic heterocycles. The number of hydrazone groups is 1. The molecule has 0 aliphatic rings. The van der Waals surface area contributed by atoms with Crippen LogP contribution in [0, 0.1) is 5.92 Å². The van der Waals surface area contributed by atoms with Crippen LogP contribution in [-0.4, -0.2) is 18.2 Å². The third-order valence-corrected chi connectivity index (χ3v) is 3.25. The number of hydrogen-bond donors (Lipinski definition) is 2. The zero-order chi connectivity index (χ0) is 16.5. The first-order valence-electron chi connectivity index (χ1n) is 7.85. The minimum atomic E-state index is -0.161. The van der Waals surface area contributed by atoms with Crippen LogP contribution in [0.2, 0.25) is 0 Å². The molecule has 0 saturated carbocycles. The van der Waals surface area contributed by atoms with Crippen LogP contribution in [0.4, 0.5) is 5.69 Å². The molecular formula is C19H23N3O. The fourth-order valence-electron chi connectivity index (χ4n) is 2.15. The number of carbonyl (C=O) groups is 1. The molecule has 2 aromatic rings. The van der Waals surface area contributed by atoms with Crippen molar-refractivity contribution in [3.63, 3.8) is 0 Å². The Kier molecular flexibility index (Phi) is 6.36. The quantitative estimate of drug-likeness (QED) is 0.606. The molecule has 0 aliphatic heterocycles. The molecule has 4 nitrogen and oxygen atoms in total. The van der Waals surface area contributed by atoms with Gasteiger partial charge in [0.1, 0.15) is 0 Å². The van der Waals surface area contributed by atoms with Crippen molar-refractivity contribution in [1.82, 2.24) is 5.43 Å². The van der Waals surface area contributed by atoms with Crippen LogP contribution in [0.25, 0.3) is 0 Å². The van der Waals surface area contributed by atoms with E-state index in [9.17, 15) is 4.79 Å². The Morgan fingerprint density at radius 3 is 2.22 bits per heavy atom.